The molecule has 2 N–H and O–H groups in total. The van der Waals surface area contributed by atoms with Gasteiger partial charge in [-0.05, 0) is 30.5 Å². The first-order valence-corrected chi connectivity index (χ1v) is 6.97. The van der Waals surface area contributed by atoms with E-state index in [0.717, 1.165) is 6.42 Å². The van der Waals surface area contributed by atoms with Crippen molar-refractivity contribution in [2.24, 2.45) is 0 Å². The molecule has 2 aromatic rings. The molecule has 0 aromatic carbocycles. The molecule has 1 unspecified atom stereocenters. The van der Waals surface area contributed by atoms with Gasteiger partial charge in [0.05, 0.1) is 0 Å². The van der Waals surface area contributed by atoms with E-state index in [0.29, 0.717) is 11.4 Å². The van der Waals surface area contributed by atoms with E-state index in [1.807, 2.05) is 18.4 Å². The summed E-state index contributed by atoms with van der Waals surface area (Å²) in [6, 6.07) is 7.50. The zero-order valence-corrected chi connectivity index (χ0v) is 11.9. The van der Waals surface area contributed by atoms with Crippen molar-refractivity contribution in [2.75, 3.05) is 12.8 Å². The Morgan fingerprint density at radius 3 is 2.95 bits per heavy atom. The van der Waals surface area contributed by atoms with Crippen molar-refractivity contribution in [3.05, 3.63) is 46.4 Å². The summed E-state index contributed by atoms with van der Waals surface area (Å²) in [4.78, 5) is 19.3. The van der Waals surface area contributed by atoms with Gasteiger partial charge < -0.3 is 10.6 Å². The Balaban J connectivity index is 2.06. The molecule has 2 aromatic heterocycles. The summed E-state index contributed by atoms with van der Waals surface area (Å²) in [5.74, 6) is -0.101. The van der Waals surface area contributed by atoms with Gasteiger partial charge >= 0.3 is 0 Å². The summed E-state index contributed by atoms with van der Waals surface area (Å²) >= 11 is 1.71. The van der Waals surface area contributed by atoms with Gasteiger partial charge in [0, 0.05) is 36.3 Å². The lowest BCUT2D eigenvalue weighted by atomic mass is 10.1. The number of nitrogens with two attached hydrogens (primary N) is 1. The summed E-state index contributed by atoms with van der Waals surface area (Å²) in [7, 11) is 1.80. The standard InChI is InChI=1S/C14H17N3OS/c1-10(8-12-4-3-7-19-12)17(2)14(18)13-9-11(15)5-6-16-13/h3-7,9-10H,8H2,1-2H3,(H2,15,16). The fourth-order valence-electron chi connectivity index (χ4n) is 1.80. The molecule has 19 heavy (non-hydrogen) atoms. The van der Waals surface area contributed by atoms with Crippen molar-refractivity contribution in [1.29, 1.82) is 0 Å². The van der Waals surface area contributed by atoms with Gasteiger partial charge in [-0.3, -0.25) is 9.78 Å². The van der Waals surface area contributed by atoms with Crippen LogP contribution >= 0.6 is 11.3 Å². The molecule has 4 nitrogen and oxygen atoms in total. The normalized spacial score (nSPS) is 12.1. The van der Waals surface area contributed by atoms with Gasteiger partial charge in [0.1, 0.15) is 5.69 Å². The third-order valence-electron chi connectivity index (χ3n) is 3.06. The number of aromatic nitrogens is 1. The van der Waals surface area contributed by atoms with E-state index in [1.54, 1.807) is 41.6 Å². The molecule has 0 aliphatic rings. The Morgan fingerprint density at radius 2 is 2.32 bits per heavy atom. The predicted molar refractivity (Wildman–Crippen MR) is 78.2 cm³/mol. The number of thiophene rings is 1. The fraction of sp³-hybridized carbons (Fsp3) is 0.286. The van der Waals surface area contributed by atoms with Crippen molar-refractivity contribution in [3.8, 4) is 0 Å². The number of pyridine rings is 1. The molecule has 1 amide bonds. The van der Waals surface area contributed by atoms with Crippen LogP contribution in [0.2, 0.25) is 0 Å². The largest absolute Gasteiger partial charge is 0.399 e. The number of anilines is 1. The van der Waals surface area contributed by atoms with E-state index in [2.05, 4.69) is 11.1 Å². The van der Waals surface area contributed by atoms with Crippen LogP contribution in [0.25, 0.3) is 0 Å². The second-order valence-electron chi connectivity index (χ2n) is 4.52. The lowest BCUT2D eigenvalue weighted by molar-refractivity contribution is 0.0738. The van der Waals surface area contributed by atoms with Gasteiger partial charge in [-0.25, -0.2) is 0 Å². The molecule has 0 saturated carbocycles. The molecule has 0 saturated heterocycles. The number of rotatable bonds is 4. The van der Waals surface area contributed by atoms with E-state index < -0.39 is 0 Å². The van der Waals surface area contributed by atoms with Gasteiger partial charge in [-0.2, -0.15) is 0 Å². The number of nitrogen functional groups attached to an aromatic ring is 1. The van der Waals surface area contributed by atoms with Crippen LogP contribution in [0.1, 0.15) is 22.3 Å². The van der Waals surface area contributed by atoms with Gasteiger partial charge in [0.25, 0.3) is 5.91 Å². The topological polar surface area (TPSA) is 59.2 Å². The minimum absolute atomic E-state index is 0.101. The van der Waals surface area contributed by atoms with Crippen LogP contribution in [0.3, 0.4) is 0 Å². The van der Waals surface area contributed by atoms with E-state index >= 15 is 0 Å². The van der Waals surface area contributed by atoms with Crippen LogP contribution in [0, 0.1) is 0 Å². The quantitative estimate of drug-likeness (QED) is 0.932. The molecule has 0 spiro atoms. The lowest BCUT2D eigenvalue weighted by Gasteiger charge is -2.24. The first-order chi connectivity index (χ1) is 9.08. The molecule has 0 radical (unpaired) electrons. The van der Waals surface area contributed by atoms with Gasteiger partial charge in [-0.1, -0.05) is 6.07 Å². The van der Waals surface area contributed by atoms with Crippen LogP contribution in [0.4, 0.5) is 5.69 Å². The highest BCUT2D eigenvalue weighted by Crippen LogP contribution is 2.15. The molecular weight excluding hydrogens is 258 g/mol. The lowest BCUT2D eigenvalue weighted by Crippen LogP contribution is -2.36. The number of hydrogen-bond acceptors (Lipinski definition) is 4. The molecular formula is C14H17N3OS. The summed E-state index contributed by atoms with van der Waals surface area (Å²) in [6.07, 6.45) is 2.41. The molecule has 1 atom stereocenters. The van der Waals surface area contributed by atoms with Crippen molar-refractivity contribution < 1.29 is 4.79 Å². The second-order valence-corrected chi connectivity index (χ2v) is 5.56. The highest BCUT2D eigenvalue weighted by atomic mass is 32.1. The maximum Gasteiger partial charge on any atom is 0.272 e. The molecule has 2 rings (SSSR count). The fourth-order valence-corrected chi connectivity index (χ4v) is 2.63. The Kier molecular flexibility index (Phi) is 4.16. The third-order valence-corrected chi connectivity index (χ3v) is 3.96. The molecule has 0 aliphatic heterocycles. The van der Waals surface area contributed by atoms with E-state index in [4.69, 9.17) is 5.73 Å². The van der Waals surface area contributed by atoms with Gasteiger partial charge in [0.15, 0.2) is 0 Å². The average molecular weight is 275 g/mol. The predicted octanol–water partition coefficient (Wildman–Crippen LogP) is 2.43. The minimum atomic E-state index is -0.101. The number of carbonyl (C=O) groups excluding carboxylic acids is 1. The highest BCUT2D eigenvalue weighted by molar-refractivity contribution is 7.09. The number of nitrogens with zero attached hydrogens (tertiary/aromatic N) is 2. The summed E-state index contributed by atoms with van der Waals surface area (Å²) in [6.45, 7) is 2.03. The van der Waals surface area contributed by atoms with Crippen molar-refractivity contribution in [2.45, 2.75) is 19.4 Å². The highest BCUT2D eigenvalue weighted by Gasteiger charge is 2.19. The van der Waals surface area contributed by atoms with Crippen LogP contribution in [0.5, 0.6) is 0 Å². The zero-order chi connectivity index (χ0) is 13.8. The first kappa shape index (κ1) is 13.5. The summed E-state index contributed by atoms with van der Waals surface area (Å²) in [5, 5.41) is 2.04. The van der Waals surface area contributed by atoms with Crippen molar-refractivity contribution in [3.63, 3.8) is 0 Å². The Hall–Kier alpha value is -1.88. The molecule has 0 bridgehead atoms. The van der Waals surface area contributed by atoms with E-state index in [9.17, 15) is 4.79 Å². The van der Waals surface area contributed by atoms with Crippen molar-refractivity contribution >= 4 is 22.9 Å². The minimum Gasteiger partial charge on any atom is -0.399 e. The average Bonchev–Trinajstić information content (AvgIpc) is 2.89. The molecule has 5 heteroatoms. The monoisotopic (exact) mass is 275 g/mol. The van der Waals surface area contributed by atoms with Crippen LogP contribution in [-0.4, -0.2) is 28.9 Å². The maximum absolute atomic E-state index is 12.3. The Labute approximate surface area is 116 Å². The number of likely N-dealkylation sites (N-methyl/N-ethyl adjacent to an activating group) is 1. The molecule has 100 valence electrons. The van der Waals surface area contributed by atoms with E-state index in [1.165, 1.54) is 4.88 Å². The van der Waals surface area contributed by atoms with Gasteiger partial charge in [0.2, 0.25) is 0 Å². The summed E-state index contributed by atoms with van der Waals surface area (Å²) < 4.78 is 0. The Morgan fingerprint density at radius 1 is 1.53 bits per heavy atom. The van der Waals surface area contributed by atoms with E-state index in [-0.39, 0.29) is 11.9 Å². The molecule has 0 aliphatic carbocycles. The third kappa shape index (κ3) is 3.32. The number of amides is 1. The maximum atomic E-state index is 12.3. The van der Waals surface area contributed by atoms with Crippen LogP contribution < -0.4 is 5.73 Å². The number of hydrogen-bond donors (Lipinski definition) is 1. The number of carbonyl (C=O) groups is 1. The van der Waals surface area contributed by atoms with Crippen molar-refractivity contribution in [1.82, 2.24) is 9.88 Å². The van der Waals surface area contributed by atoms with Crippen LogP contribution in [-0.2, 0) is 6.42 Å². The Bertz CT molecular complexity index is 554. The second kappa shape index (κ2) is 5.84. The summed E-state index contributed by atoms with van der Waals surface area (Å²) in [5.41, 5.74) is 6.62. The smallest absolute Gasteiger partial charge is 0.272 e. The molecule has 2 heterocycles. The van der Waals surface area contributed by atoms with Gasteiger partial charge in [-0.15, -0.1) is 11.3 Å². The molecule has 0 fully saturated rings. The SMILES string of the molecule is CC(Cc1cccs1)N(C)C(=O)c1cc(N)ccn1. The first-order valence-electron chi connectivity index (χ1n) is 6.09. The van der Waals surface area contributed by atoms with Crippen LogP contribution in [0.15, 0.2) is 35.8 Å². The zero-order valence-electron chi connectivity index (χ0n) is 11.0.